The molecule has 9 nitrogen and oxygen atoms in total. The van der Waals surface area contributed by atoms with Gasteiger partial charge >= 0.3 is 6.09 Å². The van der Waals surface area contributed by atoms with E-state index in [4.69, 9.17) is 0 Å². The Kier molecular flexibility index (Phi) is 9.38. The summed E-state index contributed by atoms with van der Waals surface area (Å²) >= 11 is 0. The van der Waals surface area contributed by atoms with Crippen molar-refractivity contribution >= 4 is 29.7 Å². The first-order chi connectivity index (χ1) is 11.3. The van der Waals surface area contributed by atoms with Crippen LogP contribution in [0, 0.1) is 0 Å². The number of likely N-dealkylation sites (N-methyl/N-ethyl adjacent to an activating group) is 2. The normalized spacial score (nSPS) is 15.1. The molecular formula is C15H21N3O6. The van der Waals surface area contributed by atoms with Gasteiger partial charge in [0.05, 0.1) is 6.61 Å². The smallest absolute Gasteiger partial charge is 0.404 e. The second-order valence-corrected chi connectivity index (χ2v) is 4.26. The van der Waals surface area contributed by atoms with Crippen LogP contribution in [0.25, 0.3) is 0 Å². The highest BCUT2D eigenvalue weighted by molar-refractivity contribution is 6.13. The predicted molar refractivity (Wildman–Crippen MR) is 84.3 cm³/mol. The van der Waals surface area contributed by atoms with Gasteiger partial charge in [-0.05, 0) is 20.8 Å². The molecule has 0 fully saturated rings. The van der Waals surface area contributed by atoms with Gasteiger partial charge in [-0.2, -0.15) is 0 Å². The van der Waals surface area contributed by atoms with Crippen LogP contribution in [-0.4, -0.2) is 59.2 Å². The van der Waals surface area contributed by atoms with E-state index < -0.39 is 6.09 Å². The molecule has 2 rings (SSSR count). The molecule has 0 spiro atoms. The first-order valence-electron chi connectivity index (χ1n) is 7.27. The highest BCUT2D eigenvalue weighted by atomic mass is 16.5. The van der Waals surface area contributed by atoms with Gasteiger partial charge in [0, 0.05) is 37.4 Å². The van der Waals surface area contributed by atoms with Gasteiger partial charge in [-0.1, -0.05) is 0 Å². The summed E-state index contributed by atoms with van der Waals surface area (Å²) in [5.74, 6) is -0.824. The fraction of sp³-hybridized carbons (Fsp3) is 0.400. The highest BCUT2D eigenvalue weighted by Crippen LogP contribution is 2.01. The molecule has 0 bridgehead atoms. The molecule has 9 heteroatoms. The van der Waals surface area contributed by atoms with Crippen molar-refractivity contribution in [1.29, 1.82) is 0 Å². The van der Waals surface area contributed by atoms with Crippen molar-refractivity contribution < 1.29 is 28.7 Å². The molecule has 0 atom stereocenters. The Morgan fingerprint density at radius 3 is 1.21 bits per heavy atom. The first kappa shape index (κ1) is 21.0. The SMILES string of the molecule is CCN1C(=O)C=CC1=O.CCN1C(=O)C=CC1=O.CCOC(N)=O. The first-order valence-corrected chi connectivity index (χ1v) is 7.27. The Morgan fingerprint density at radius 1 is 0.833 bits per heavy atom. The maximum atomic E-state index is 10.6. The molecule has 0 saturated carbocycles. The molecule has 2 N–H and O–H groups in total. The second kappa shape index (κ2) is 10.7. The second-order valence-electron chi connectivity index (χ2n) is 4.26. The van der Waals surface area contributed by atoms with Gasteiger partial charge in [0.1, 0.15) is 0 Å². The molecule has 0 aliphatic carbocycles. The zero-order valence-electron chi connectivity index (χ0n) is 13.9. The molecule has 0 aromatic heterocycles. The van der Waals surface area contributed by atoms with E-state index in [9.17, 15) is 24.0 Å². The minimum atomic E-state index is -0.711. The lowest BCUT2D eigenvalue weighted by Gasteiger charge is -2.08. The van der Waals surface area contributed by atoms with E-state index in [-0.39, 0.29) is 23.6 Å². The summed E-state index contributed by atoms with van der Waals surface area (Å²) in [6.07, 6.45) is 4.42. The molecule has 0 saturated heterocycles. The summed E-state index contributed by atoms with van der Waals surface area (Å²) in [6, 6.07) is 0. The average molecular weight is 339 g/mol. The highest BCUT2D eigenvalue weighted by Gasteiger charge is 2.20. The molecule has 2 aliphatic rings. The van der Waals surface area contributed by atoms with Crippen molar-refractivity contribution in [3.63, 3.8) is 0 Å². The van der Waals surface area contributed by atoms with Crippen LogP contribution in [0.2, 0.25) is 0 Å². The molecule has 5 amide bonds. The number of carbonyl (C=O) groups is 5. The molecule has 0 aromatic rings. The van der Waals surface area contributed by atoms with Crippen LogP contribution in [0.4, 0.5) is 4.79 Å². The number of nitrogens with two attached hydrogens (primary N) is 1. The van der Waals surface area contributed by atoms with E-state index in [0.29, 0.717) is 19.7 Å². The average Bonchev–Trinajstić information content (AvgIpc) is 3.02. The number of imide groups is 2. The lowest BCUT2D eigenvalue weighted by Crippen LogP contribution is -2.29. The maximum Gasteiger partial charge on any atom is 0.404 e. The van der Waals surface area contributed by atoms with Crippen LogP contribution in [0.1, 0.15) is 20.8 Å². The Labute approximate surface area is 139 Å². The van der Waals surface area contributed by atoms with Gasteiger partial charge in [0.25, 0.3) is 23.6 Å². The van der Waals surface area contributed by atoms with Gasteiger partial charge in [-0.3, -0.25) is 29.0 Å². The van der Waals surface area contributed by atoms with Crippen molar-refractivity contribution in [2.75, 3.05) is 19.7 Å². The number of nitrogens with zero attached hydrogens (tertiary/aromatic N) is 2. The molecule has 0 unspecified atom stereocenters. The standard InChI is InChI=1S/2C6H7NO2.C3H7NO2/c2*1-2-7-5(8)3-4-6(7)9;1-2-6-3(4)5/h2*3-4H,2H2,1H3;2H2,1H3,(H2,4,5). The van der Waals surface area contributed by atoms with Gasteiger partial charge in [0.15, 0.2) is 0 Å². The predicted octanol–water partition coefficient (Wildman–Crippen LogP) is -0.0358. The lowest BCUT2D eigenvalue weighted by molar-refractivity contribution is -0.138. The quantitative estimate of drug-likeness (QED) is 0.719. The fourth-order valence-corrected chi connectivity index (χ4v) is 1.63. The van der Waals surface area contributed by atoms with Crippen molar-refractivity contribution in [2.45, 2.75) is 20.8 Å². The van der Waals surface area contributed by atoms with Crippen molar-refractivity contribution in [3.05, 3.63) is 24.3 Å². The van der Waals surface area contributed by atoms with Gasteiger partial charge in [0.2, 0.25) is 0 Å². The summed E-state index contributed by atoms with van der Waals surface area (Å²) < 4.78 is 4.18. The molecule has 2 aliphatic heterocycles. The van der Waals surface area contributed by atoms with Crippen molar-refractivity contribution in [3.8, 4) is 0 Å². The zero-order chi connectivity index (χ0) is 18.7. The maximum absolute atomic E-state index is 10.6. The molecule has 0 aromatic carbocycles. The minimum Gasteiger partial charge on any atom is -0.450 e. The fourth-order valence-electron chi connectivity index (χ4n) is 1.63. The molecular weight excluding hydrogens is 318 g/mol. The van der Waals surface area contributed by atoms with Crippen LogP contribution in [-0.2, 0) is 23.9 Å². The summed E-state index contributed by atoms with van der Waals surface area (Å²) in [4.78, 5) is 54.5. The number of primary amides is 1. The summed E-state index contributed by atoms with van der Waals surface area (Å²) in [6.45, 7) is 6.51. The third-order valence-corrected chi connectivity index (χ3v) is 2.72. The minimum absolute atomic E-state index is 0.206. The molecule has 0 radical (unpaired) electrons. The summed E-state index contributed by atoms with van der Waals surface area (Å²) in [5.41, 5.74) is 4.54. The van der Waals surface area contributed by atoms with E-state index in [1.165, 1.54) is 34.1 Å². The number of rotatable bonds is 3. The molecule has 132 valence electrons. The Bertz CT molecular complexity index is 490. The van der Waals surface area contributed by atoms with E-state index in [1.54, 1.807) is 20.8 Å². The zero-order valence-corrected chi connectivity index (χ0v) is 13.9. The topological polar surface area (TPSA) is 127 Å². The van der Waals surface area contributed by atoms with Gasteiger partial charge < -0.3 is 10.5 Å². The van der Waals surface area contributed by atoms with Gasteiger partial charge in [-0.25, -0.2) is 4.79 Å². The Balaban J connectivity index is 0.000000340. The van der Waals surface area contributed by atoms with Crippen LogP contribution in [0.5, 0.6) is 0 Å². The third kappa shape index (κ3) is 6.86. The Morgan fingerprint density at radius 2 is 1.12 bits per heavy atom. The van der Waals surface area contributed by atoms with E-state index in [0.717, 1.165) is 0 Å². The molecule has 2 heterocycles. The number of carbonyl (C=O) groups excluding carboxylic acids is 5. The monoisotopic (exact) mass is 339 g/mol. The van der Waals surface area contributed by atoms with Crippen LogP contribution >= 0.6 is 0 Å². The van der Waals surface area contributed by atoms with Crippen LogP contribution in [0.3, 0.4) is 0 Å². The number of ether oxygens (including phenoxy) is 1. The number of hydrogen-bond acceptors (Lipinski definition) is 6. The molecule has 24 heavy (non-hydrogen) atoms. The van der Waals surface area contributed by atoms with Crippen LogP contribution < -0.4 is 5.73 Å². The largest absolute Gasteiger partial charge is 0.450 e. The van der Waals surface area contributed by atoms with E-state index in [1.807, 2.05) is 0 Å². The van der Waals surface area contributed by atoms with Crippen molar-refractivity contribution in [1.82, 2.24) is 9.80 Å². The summed E-state index contributed by atoms with van der Waals surface area (Å²) in [7, 11) is 0. The van der Waals surface area contributed by atoms with E-state index in [2.05, 4.69) is 10.5 Å². The number of amides is 5. The Hall–Kier alpha value is -2.97. The van der Waals surface area contributed by atoms with Crippen molar-refractivity contribution in [2.24, 2.45) is 5.73 Å². The van der Waals surface area contributed by atoms with Crippen LogP contribution in [0.15, 0.2) is 24.3 Å². The van der Waals surface area contributed by atoms with E-state index >= 15 is 0 Å². The lowest BCUT2D eigenvalue weighted by atomic mass is 10.5. The summed E-state index contributed by atoms with van der Waals surface area (Å²) in [5, 5.41) is 0. The third-order valence-electron chi connectivity index (χ3n) is 2.72. The number of hydrogen-bond donors (Lipinski definition) is 1. The van der Waals surface area contributed by atoms with Gasteiger partial charge in [-0.15, -0.1) is 0 Å².